The number of azo groups is 1. The molecule has 0 fully saturated rings. The number of nitrogens with two attached hydrogens (primary N) is 1. The second-order valence-corrected chi connectivity index (χ2v) is 8.25. The van der Waals surface area contributed by atoms with Gasteiger partial charge >= 0.3 is 0 Å². The number of benzene rings is 4. The molecule has 0 unspecified atom stereocenters. The zero-order valence-corrected chi connectivity index (χ0v) is 17.2. The predicted molar refractivity (Wildman–Crippen MR) is 124 cm³/mol. The molecule has 4 rings (SSSR count). The van der Waals surface area contributed by atoms with Crippen molar-refractivity contribution >= 4 is 50.1 Å². The van der Waals surface area contributed by atoms with Crippen molar-refractivity contribution in [3.05, 3.63) is 96.1 Å². The van der Waals surface area contributed by atoms with E-state index >= 15 is 0 Å². The first-order valence-corrected chi connectivity index (χ1v) is 10.9. The van der Waals surface area contributed by atoms with Gasteiger partial charge in [0.2, 0.25) is 0 Å². The summed E-state index contributed by atoms with van der Waals surface area (Å²) in [6.07, 6.45) is 4.01. The zero-order valence-electron chi connectivity index (χ0n) is 16.4. The lowest BCUT2D eigenvalue weighted by Gasteiger charge is -2.09. The fourth-order valence-corrected chi connectivity index (χ4v) is 3.88. The van der Waals surface area contributed by atoms with Crippen molar-refractivity contribution in [2.24, 2.45) is 10.2 Å². The first-order chi connectivity index (χ1) is 14.9. The second kappa shape index (κ2) is 8.51. The number of nitrogen functional groups attached to an aromatic ring is 1. The summed E-state index contributed by atoms with van der Waals surface area (Å²) in [5.74, 6) is 0. The van der Waals surface area contributed by atoms with E-state index in [2.05, 4.69) is 10.2 Å². The van der Waals surface area contributed by atoms with Crippen molar-refractivity contribution in [3.8, 4) is 0 Å². The van der Waals surface area contributed by atoms with E-state index < -0.39 is 10.1 Å². The van der Waals surface area contributed by atoms with Crippen LogP contribution in [0.5, 0.6) is 0 Å². The second-order valence-electron chi connectivity index (χ2n) is 6.86. The van der Waals surface area contributed by atoms with Gasteiger partial charge in [0.25, 0.3) is 10.1 Å². The Kier molecular flexibility index (Phi) is 5.62. The summed E-state index contributed by atoms with van der Waals surface area (Å²) in [6, 6.07) is 25.3. The molecule has 0 saturated carbocycles. The Morgan fingerprint density at radius 1 is 0.742 bits per heavy atom. The van der Waals surface area contributed by atoms with Crippen molar-refractivity contribution in [2.45, 2.75) is 4.90 Å². The predicted octanol–water partition coefficient (Wildman–Crippen LogP) is 6.25. The number of nitrogens with zero attached hydrogens (tertiary/aromatic N) is 2. The normalized spacial score (nSPS) is 12.2. The fraction of sp³-hybridized carbons (Fsp3) is 0. The summed E-state index contributed by atoms with van der Waals surface area (Å²) >= 11 is 0. The summed E-state index contributed by atoms with van der Waals surface area (Å²) in [5.41, 5.74) is 9.31. The highest BCUT2D eigenvalue weighted by atomic mass is 32.2. The molecule has 31 heavy (non-hydrogen) atoms. The van der Waals surface area contributed by atoms with Gasteiger partial charge in [-0.15, -0.1) is 5.11 Å². The number of anilines is 1. The monoisotopic (exact) mass is 429 g/mol. The van der Waals surface area contributed by atoms with Gasteiger partial charge in [-0.2, -0.15) is 13.5 Å². The topological polar surface area (TPSA) is 105 Å². The quantitative estimate of drug-likeness (QED) is 0.169. The van der Waals surface area contributed by atoms with Crippen LogP contribution in [0.2, 0.25) is 0 Å². The van der Waals surface area contributed by atoms with Gasteiger partial charge in [-0.05, 0) is 29.3 Å². The lowest BCUT2D eigenvalue weighted by atomic mass is 10.1. The van der Waals surface area contributed by atoms with Crippen LogP contribution in [0, 0.1) is 0 Å². The highest BCUT2D eigenvalue weighted by molar-refractivity contribution is 7.86. The summed E-state index contributed by atoms with van der Waals surface area (Å²) in [4.78, 5) is -0.257. The number of fused-ring (bicyclic) bond motifs is 1. The van der Waals surface area contributed by atoms with Crippen molar-refractivity contribution in [2.75, 3.05) is 5.73 Å². The van der Waals surface area contributed by atoms with Gasteiger partial charge in [0, 0.05) is 10.8 Å². The van der Waals surface area contributed by atoms with Gasteiger partial charge in [0.1, 0.15) is 10.6 Å². The number of rotatable bonds is 5. The van der Waals surface area contributed by atoms with E-state index in [1.54, 1.807) is 36.4 Å². The van der Waals surface area contributed by atoms with Crippen LogP contribution in [0.15, 0.2) is 100 Å². The van der Waals surface area contributed by atoms with Crippen LogP contribution in [0.4, 0.5) is 17.1 Å². The minimum atomic E-state index is -4.45. The van der Waals surface area contributed by atoms with Crippen LogP contribution in [-0.4, -0.2) is 13.0 Å². The van der Waals surface area contributed by atoms with Gasteiger partial charge in [0.15, 0.2) is 0 Å². The Labute approximate surface area is 180 Å². The Morgan fingerprint density at radius 3 is 1.97 bits per heavy atom. The maximum absolute atomic E-state index is 11.8. The highest BCUT2D eigenvalue weighted by Crippen LogP contribution is 2.36. The average molecular weight is 430 g/mol. The van der Waals surface area contributed by atoms with Crippen LogP contribution in [0.1, 0.15) is 11.1 Å². The van der Waals surface area contributed by atoms with Crippen LogP contribution in [-0.2, 0) is 10.1 Å². The molecule has 0 aliphatic carbocycles. The Balaban J connectivity index is 1.63. The van der Waals surface area contributed by atoms with Gasteiger partial charge in [0.05, 0.1) is 11.4 Å². The average Bonchev–Trinajstić information content (AvgIpc) is 2.78. The van der Waals surface area contributed by atoms with Crippen molar-refractivity contribution in [3.63, 3.8) is 0 Å². The van der Waals surface area contributed by atoms with Crippen molar-refractivity contribution < 1.29 is 13.0 Å². The summed E-state index contributed by atoms with van der Waals surface area (Å²) in [6.45, 7) is 0. The standard InChI is InChI=1S/C24H19N3O3S/c25-24-21-9-5-4-8-20(21)23(31(28,29)30)16-22(24)27-26-19-14-12-18(13-15-19)11-10-17-6-2-1-3-7-17/h1-16H,25H2,(H,28,29,30)/b11-10+,27-26?. The molecule has 0 aliphatic rings. The molecule has 0 heterocycles. The molecule has 3 N–H and O–H groups in total. The molecule has 6 nitrogen and oxygen atoms in total. The molecule has 0 aromatic heterocycles. The van der Waals surface area contributed by atoms with Crippen LogP contribution < -0.4 is 5.73 Å². The molecule has 4 aromatic carbocycles. The third-order valence-corrected chi connectivity index (χ3v) is 5.63. The first kappa shape index (κ1) is 20.5. The molecule has 154 valence electrons. The molecule has 4 aromatic rings. The van der Waals surface area contributed by atoms with Crippen LogP contribution in [0.25, 0.3) is 22.9 Å². The van der Waals surface area contributed by atoms with Gasteiger partial charge in [-0.3, -0.25) is 4.55 Å². The van der Waals surface area contributed by atoms with Crippen molar-refractivity contribution in [1.82, 2.24) is 0 Å². The van der Waals surface area contributed by atoms with E-state index in [-0.39, 0.29) is 16.3 Å². The minimum Gasteiger partial charge on any atom is -0.396 e. The molecule has 0 atom stereocenters. The Hall–Kier alpha value is -3.81. The fourth-order valence-electron chi connectivity index (χ4n) is 3.17. The molecule has 0 amide bonds. The largest absolute Gasteiger partial charge is 0.396 e. The van der Waals surface area contributed by atoms with Gasteiger partial charge in [-0.25, -0.2) is 0 Å². The Morgan fingerprint density at radius 2 is 1.32 bits per heavy atom. The summed E-state index contributed by atoms with van der Waals surface area (Å²) in [5, 5.41) is 9.11. The molecular formula is C24H19N3O3S. The highest BCUT2D eigenvalue weighted by Gasteiger charge is 2.18. The number of hydrogen-bond donors (Lipinski definition) is 2. The lowest BCUT2D eigenvalue weighted by molar-refractivity contribution is 0.484. The molecule has 0 aliphatic heterocycles. The Bertz CT molecular complexity index is 1400. The molecule has 0 saturated heterocycles. The van der Waals surface area contributed by atoms with E-state index in [0.717, 1.165) is 11.1 Å². The van der Waals surface area contributed by atoms with E-state index in [9.17, 15) is 13.0 Å². The molecule has 7 heteroatoms. The lowest BCUT2D eigenvalue weighted by Crippen LogP contribution is -2.01. The van der Waals surface area contributed by atoms with E-state index in [4.69, 9.17) is 5.73 Å². The maximum Gasteiger partial charge on any atom is 0.295 e. The smallest absolute Gasteiger partial charge is 0.295 e. The van der Waals surface area contributed by atoms with E-state index in [0.29, 0.717) is 16.5 Å². The third kappa shape index (κ3) is 4.69. The minimum absolute atomic E-state index is 0.166. The van der Waals surface area contributed by atoms with E-state index in [1.165, 1.54) is 6.07 Å². The molecule has 0 bridgehead atoms. The van der Waals surface area contributed by atoms with Crippen LogP contribution in [0.3, 0.4) is 0 Å². The van der Waals surface area contributed by atoms with Gasteiger partial charge in [-0.1, -0.05) is 78.9 Å². The maximum atomic E-state index is 11.8. The van der Waals surface area contributed by atoms with E-state index in [1.807, 2.05) is 54.6 Å². The first-order valence-electron chi connectivity index (χ1n) is 9.45. The van der Waals surface area contributed by atoms with Crippen LogP contribution >= 0.6 is 0 Å². The van der Waals surface area contributed by atoms with Gasteiger partial charge < -0.3 is 5.73 Å². The summed E-state index contributed by atoms with van der Waals surface area (Å²) < 4.78 is 33.2. The molecule has 0 radical (unpaired) electrons. The number of hydrogen-bond acceptors (Lipinski definition) is 5. The molecule has 0 spiro atoms. The zero-order chi connectivity index (χ0) is 21.8. The SMILES string of the molecule is Nc1c(N=Nc2ccc(/C=C/c3ccccc3)cc2)cc(S(=O)(=O)O)c2ccccc12. The molecular weight excluding hydrogens is 410 g/mol. The van der Waals surface area contributed by atoms with Crippen molar-refractivity contribution in [1.29, 1.82) is 0 Å². The summed E-state index contributed by atoms with van der Waals surface area (Å²) in [7, 11) is -4.45. The third-order valence-electron chi connectivity index (χ3n) is 4.74.